The zero-order valence-corrected chi connectivity index (χ0v) is 6.16. The lowest BCUT2D eigenvalue weighted by Crippen LogP contribution is -2.30. The van der Waals surface area contributed by atoms with Crippen LogP contribution < -0.4 is 5.73 Å². The highest BCUT2D eigenvalue weighted by atomic mass is 16.6. The molecule has 2 unspecified atom stereocenters. The Kier molecular flexibility index (Phi) is 5.52. The van der Waals surface area contributed by atoms with Gasteiger partial charge in [0.25, 0.3) is 0 Å². The maximum Gasteiger partial charge on any atom is 0.167 e. The molecule has 0 aromatic heterocycles. The Labute approximate surface area is 60.6 Å². The molecule has 4 heteroatoms. The lowest BCUT2D eigenvalue weighted by atomic mass is 10.3. The summed E-state index contributed by atoms with van der Waals surface area (Å²) in [5, 5.41) is 17.4. The van der Waals surface area contributed by atoms with Gasteiger partial charge in [-0.3, -0.25) is 0 Å². The molecule has 0 aliphatic heterocycles. The van der Waals surface area contributed by atoms with E-state index in [0.29, 0.717) is 6.42 Å². The molecule has 0 amide bonds. The lowest BCUT2D eigenvalue weighted by molar-refractivity contribution is -0.140. The molecule has 0 fully saturated rings. The van der Waals surface area contributed by atoms with E-state index < -0.39 is 6.29 Å². The van der Waals surface area contributed by atoms with Crippen LogP contribution in [0.3, 0.4) is 0 Å². The predicted molar refractivity (Wildman–Crippen MR) is 37.3 cm³/mol. The topological polar surface area (TPSA) is 75.7 Å². The van der Waals surface area contributed by atoms with E-state index in [1.807, 2.05) is 6.92 Å². The smallest absolute Gasteiger partial charge is 0.167 e. The van der Waals surface area contributed by atoms with Crippen molar-refractivity contribution in [1.82, 2.24) is 0 Å². The van der Waals surface area contributed by atoms with Gasteiger partial charge < -0.3 is 20.7 Å². The largest absolute Gasteiger partial charge is 0.394 e. The summed E-state index contributed by atoms with van der Waals surface area (Å²) in [5.41, 5.74) is 5.07. The third-order valence-electron chi connectivity index (χ3n) is 1.21. The first kappa shape index (κ1) is 9.84. The van der Waals surface area contributed by atoms with Crippen LogP contribution >= 0.6 is 0 Å². The number of rotatable bonds is 5. The molecule has 0 aromatic rings. The summed E-state index contributed by atoms with van der Waals surface area (Å²) >= 11 is 0. The van der Waals surface area contributed by atoms with Gasteiger partial charge in [-0.1, -0.05) is 6.92 Å². The molecule has 0 spiro atoms. The van der Waals surface area contributed by atoms with Crippen molar-refractivity contribution in [3.05, 3.63) is 0 Å². The molecule has 0 aliphatic carbocycles. The summed E-state index contributed by atoms with van der Waals surface area (Å²) in [4.78, 5) is 0. The van der Waals surface area contributed by atoms with Crippen LogP contribution in [0.5, 0.6) is 0 Å². The van der Waals surface area contributed by atoms with E-state index in [9.17, 15) is 0 Å². The van der Waals surface area contributed by atoms with Crippen LogP contribution in [-0.2, 0) is 4.74 Å². The van der Waals surface area contributed by atoms with Gasteiger partial charge in [-0.05, 0) is 6.42 Å². The number of aliphatic hydroxyl groups is 2. The number of hydrogen-bond acceptors (Lipinski definition) is 4. The Bertz CT molecular complexity index is 75.4. The average Bonchev–Trinajstić information content (AvgIpc) is 1.99. The molecule has 0 bridgehead atoms. The van der Waals surface area contributed by atoms with E-state index in [-0.39, 0.29) is 19.3 Å². The van der Waals surface area contributed by atoms with Crippen molar-refractivity contribution < 1.29 is 14.9 Å². The fourth-order valence-electron chi connectivity index (χ4n) is 0.546. The molecular weight excluding hydrogens is 134 g/mol. The van der Waals surface area contributed by atoms with Gasteiger partial charge in [0, 0.05) is 6.54 Å². The Morgan fingerprint density at radius 3 is 2.50 bits per heavy atom. The Hall–Kier alpha value is -0.160. The monoisotopic (exact) mass is 149 g/mol. The van der Waals surface area contributed by atoms with Crippen molar-refractivity contribution in [2.45, 2.75) is 25.7 Å². The van der Waals surface area contributed by atoms with Crippen LogP contribution in [0.1, 0.15) is 13.3 Å². The van der Waals surface area contributed by atoms with Gasteiger partial charge in [0.15, 0.2) is 6.29 Å². The highest BCUT2D eigenvalue weighted by Gasteiger charge is 2.09. The van der Waals surface area contributed by atoms with E-state index in [2.05, 4.69) is 0 Å². The Morgan fingerprint density at radius 1 is 1.60 bits per heavy atom. The molecule has 0 heterocycles. The molecule has 0 saturated carbocycles. The zero-order valence-electron chi connectivity index (χ0n) is 6.16. The second-order valence-electron chi connectivity index (χ2n) is 2.04. The Morgan fingerprint density at radius 2 is 2.20 bits per heavy atom. The molecule has 4 nitrogen and oxygen atoms in total. The highest BCUT2D eigenvalue weighted by molar-refractivity contribution is 4.53. The van der Waals surface area contributed by atoms with Crippen molar-refractivity contribution in [2.24, 2.45) is 5.73 Å². The predicted octanol–water partition coefficient (Wildman–Crippen LogP) is -0.949. The quantitative estimate of drug-likeness (QED) is 0.440. The van der Waals surface area contributed by atoms with E-state index in [4.69, 9.17) is 20.7 Å². The number of nitrogens with two attached hydrogens (primary N) is 1. The maximum atomic E-state index is 8.83. The first-order valence-electron chi connectivity index (χ1n) is 3.39. The molecule has 0 aliphatic rings. The molecule has 0 saturated heterocycles. The fourth-order valence-corrected chi connectivity index (χ4v) is 0.546. The van der Waals surface area contributed by atoms with Crippen LogP contribution in [0.2, 0.25) is 0 Å². The minimum atomic E-state index is -0.947. The summed E-state index contributed by atoms with van der Waals surface area (Å²) in [6.07, 6.45) is -0.566. The molecule has 62 valence electrons. The zero-order chi connectivity index (χ0) is 7.98. The summed E-state index contributed by atoms with van der Waals surface area (Å²) in [5.74, 6) is 0. The number of ether oxygens (including phenoxy) is 1. The van der Waals surface area contributed by atoms with Gasteiger partial charge >= 0.3 is 0 Å². The van der Waals surface area contributed by atoms with Crippen LogP contribution in [0, 0.1) is 0 Å². The van der Waals surface area contributed by atoms with Crippen LogP contribution in [-0.4, -0.2) is 35.8 Å². The first-order chi connectivity index (χ1) is 4.74. The summed E-state index contributed by atoms with van der Waals surface area (Å²) in [6.45, 7) is 1.86. The van der Waals surface area contributed by atoms with Crippen LogP contribution in [0.4, 0.5) is 0 Å². The summed E-state index contributed by atoms with van der Waals surface area (Å²) in [7, 11) is 0. The van der Waals surface area contributed by atoms with E-state index in [1.165, 1.54) is 0 Å². The molecule has 2 atom stereocenters. The number of hydrogen-bond donors (Lipinski definition) is 3. The van der Waals surface area contributed by atoms with Gasteiger partial charge in [0.2, 0.25) is 0 Å². The van der Waals surface area contributed by atoms with E-state index in [0.717, 1.165) is 0 Å². The minimum Gasteiger partial charge on any atom is -0.394 e. The van der Waals surface area contributed by atoms with Gasteiger partial charge in [-0.25, -0.2) is 0 Å². The third-order valence-corrected chi connectivity index (χ3v) is 1.21. The minimum absolute atomic E-state index is 0.0660. The molecule has 0 radical (unpaired) electrons. The van der Waals surface area contributed by atoms with Crippen molar-refractivity contribution in [3.63, 3.8) is 0 Å². The SMILES string of the molecule is CCC(CO)OC(O)CN. The van der Waals surface area contributed by atoms with Crippen LogP contribution in [0.25, 0.3) is 0 Å². The van der Waals surface area contributed by atoms with Gasteiger partial charge in [0.05, 0.1) is 12.7 Å². The molecule has 10 heavy (non-hydrogen) atoms. The van der Waals surface area contributed by atoms with Crippen molar-refractivity contribution in [3.8, 4) is 0 Å². The van der Waals surface area contributed by atoms with E-state index in [1.54, 1.807) is 0 Å². The van der Waals surface area contributed by atoms with Crippen LogP contribution in [0.15, 0.2) is 0 Å². The lowest BCUT2D eigenvalue weighted by Gasteiger charge is -2.16. The van der Waals surface area contributed by atoms with Gasteiger partial charge in [0.1, 0.15) is 0 Å². The van der Waals surface area contributed by atoms with Crippen molar-refractivity contribution in [2.75, 3.05) is 13.2 Å². The van der Waals surface area contributed by atoms with Crippen molar-refractivity contribution in [1.29, 1.82) is 0 Å². The third kappa shape index (κ3) is 3.79. The van der Waals surface area contributed by atoms with Gasteiger partial charge in [-0.15, -0.1) is 0 Å². The maximum absolute atomic E-state index is 8.83. The average molecular weight is 149 g/mol. The molecule has 4 N–H and O–H groups in total. The second kappa shape index (κ2) is 5.61. The number of aliphatic hydroxyl groups excluding tert-OH is 2. The first-order valence-corrected chi connectivity index (χ1v) is 3.39. The second-order valence-corrected chi connectivity index (χ2v) is 2.04. The molecule has 0 aromatic carbocycles. The highest BCUT2D eigenvalue weighted by Crippen LogP contribution is 1.98. The van der Waals surface area contributed by atoms with E-state index >= 15 is 0 Å². The van der Waals surface area contributed by atoms with Gasteiger partial charge in [-0.2, -0.15) is 0 Å². The normalized spacial score (nSPS) is 16.8. The standard InChI is InChI=1S/C6H15NO3/c1-2-5(4-8)10-6(9)3-7/h5-6,8-9H,2-4,7H2,1H3. The fraction of sp³-hybridized carbons (Fsp3) is 1.00. The summed E-state index contributed by atoms with van der Waals surface area (Å²) < 4.78 is 4.88. The molecular formula is C6H15NO3. The Balaban J connectivity index is 3.41. The molecule has 0 rings (SSSR count). The summed E-state index contributed by atoms with van der Waals surface area (Å²) in [6, 6.07) is 0. The van der Waals surface area contributed by atoms with Crippen molar-refractivity contribution >= 4 is 0 Å².